The number of hydrogen-bond donors (Lipinski definition) is 2. The van der Waals surface area contributed by atoms with Crippen LogP contribution in [0.2, 0.25) is 0 Å². The van der Waals surface area contributed by atoms with E-state index in [4.69, 9.17) is 0 Å². The van der Waals surface area contributed by atoms with Crippen LogP contribution in [-0.2, 0) is 0 Å². The molecule has 1 aliphatic carbocycles. The van der Waals surface area contributed by atoms with Crippen molar-refractivity contribution in [3.63, 3.8) is 0 Å². The number of hydrogen-bond acceptors (Lipinski definition) is 3. The van der Waals surface area contributed by atoms with E-state index < -0.39 is 0 Å². The maximum atomic E-state index is 9.86. The third kappa shape index (κ3) is 2.80. The molecule has 0 saturated heterocycles. The number of nitrogens with one attached hydrogen (secondary N) is 1. The van der Waals surface area contributed by atoms with Crippen molar-refractivity contribution >= 4 is 11.3 Å². The van der Waals surface area contributed by atoms with Gasteiger partial charge in [-0.25, -0.2) is 0 Å². The van der Waals surface area contributed by atoms with E-state index in [1.165, 1.54) is 17.7 Å². The van der Waals surface area contributed by atoms with Crippen LogP contribution in [0.25, 0.3) is 0 Å². The Morgan fingerprint density at radius 3 is 2.93 bits per heavy atom. The quantitative estimate of drug-likeness (QED) is 0.829. The zero-order valence-electron chi connectivity index (χ0n) is 9.15. The van der Waals surface area contributed by atoms with Crippen molar-refractivity contribution in [1.29, 1.82) is 0 Å². The first-order chi connectivity index (χ1) is 7.27. The first-order valence-electron chi connectivity index (χ1n) is 5.75. The standard InChI is InChI=1S/C12H19NOS/c1-9(12-7-4-8-15-12)13-10-5-2-3-6-11(10)14/h4,7-11,13-14H,2-3,5-6H2,1H3/t9-,10-,11+/m0/s1. The molecule has 3 atom stereocenters. The van der Waals surface area contributed by atoms with Gasteiger partial charge in [0.05, 0.1) is 6.10 Å². The minimum atomic E-state index is -0.152. The fourth-order valence-corrected chi connectivity index (χ4v) is 2.99. The lowest BCUT2D eigenvalue weighted by molar-refractivity contribution is 0.0862. The van der Waals surface area contributed by atoms with Crippen molar-refractivity contribution in [2.45, 2.75) is 50.8 Å². The maximum absolute atomic E-state index is 9.86. The maximum Gasteiger partial charge on any atom is 0.0693 e. The molecule has 1 fully saturated rings. The Kier molecular flexibility index (Phi) is 3.78. The summed E-state index contributed by atoms with van der Waals surface area (Å²) in [6.07, 6.45) is 4.32. The monoisotopic (exact) mass is 225 g/mol. The summed E-state index contributed by atoms with van der Waals surface area (Å²) in [7, 11) is 0. The van der Waals surface area contributed by atoms with Crippen LogP contribution < -0.4 is 5.32 Å². The topological polar surface area (TPSA) is 32.3 Å². The summed E-state index contributed by atoms with van der Waals surface area (Å²) >= 11 is 1.78. The molecule has 0 amide bonds. The molecular weight excluding hydrogens is 206 g/mol. The van der Waals surface area contributed by atoms with Crippen LogP contribution in [0, 0.1) is 0 Å². The highest BCUT2D eigenvalue weighted by molar-refractivity contribution is 7.10. The zero-order chi connectivity index (χ0) is 10.7. The Hall–Kier alpha value is -0.380. The van der Waals surface area contributed by atoms with E-state index in [0.29, 0.717) is 6.04 Å². The van der Waals surface area contributed by atoms with Gasteiger partial charge in [-0.05, 0) is 31.2 Å². The largest absolute Gasteiger partial charge is 0.392 e. The molecule has 1 aromatic heterocycles. The lowest BCUT2D eigenvalue weighted by atomic mass is 9.92. The lowest BCUT2D eigenvalue weighted by Crippen LogP contribution is -2.42. The van der Waals surface area contributed by atoms with E-state index in [9.17, 15) is 5.11 Å². The molecule has 0 spiro atoms. The summed E-state index contributed by atoms with van der Waals surface area (Å²) in [5, 5.41) is 15.5. The van der Waals surface area contributed by atoms with Crippen LogP contribution in [-0.4, -0.2) is 17.3 Å². The van der Waals surface area contributed by atoms with Crippen LogP contribution in [0.3, 0.4) is 0 Å². The fraction of sp³-hybridized carbons (Fsp3) is 0.667. The molecule has 1 heterocycles. The Labute approximate surface area is 95.3 Å². The molecule has 2 nitrogen and oxygen atoms in total. The van der Waals surface area contributed by atoms with Gasteiger partial charge in [0, 0.05) is 17.0 Å². The highest BCUT2D eigenvalue weighted by atomic mass is 32.1. The minimum absolute atomic E-state index is 0.152. The minimum Gasteiger partial charge on any atom is -0.392 e. The summed E-state index contributed by atoms with van der Waals surface area (Å²) in [6.45, 7) is 2.17. The molecule has 3 heteroatoms. The van der Waals surface area contributed by atoms with Gasteiger partial charge in [0.1, 0.15) is 0 Å². The first-order valence-corrected chi connectivity index (χ1v) is 6.63. The predicted molar refractivity (Wildman–Crippen MR) is 64.1 cm³/mol. The second-order valence-electron chi connectivity index (χ2n) is 4.36. The molecule has 0 radical (unpaired) electrons. The van der Waals surface area contributed by atoms with Gasteiger partial charge in [-0.2, -0.15) is 0 Å². The molecule has 84 valence electrons. The van der Waals surface area contributed by atoms with E-state index in [-0.39, 0.29) is 12.1 Å². The van der Waals surface area contributed by atoms with Crippen molar-refractivity contribution in [3.05, 3.63) is 22.4 Å². The number of aliphatic hydroxyl groups excluding tert-OH is 1. The van der Waals surface area contributed by atoms with Crippen molar-refractivity contribution in [2.75, 3.05) is 0 Å². The van der Waals surface area contributed by atoms with Gasteiger partial charge in [0.15, 0.2) is 0 Å². The molecular formula is C12H19NOS. The fourth-order valence-electron chi connectivity index (χ4n) is 2.25. The van der Waals surface area contributed by atoms with Gasteiger partial charge in [-0.15, -0.1) is 11.3 Å². The Bertz CT molecular complexity index is 286. The van der Waals surface area contributed by atoms with Gasteiger partial charge in [-0.3, -0.25) is 0 Å². The van der Waals surface area contributed by atoms with Crippen molar-refractivity contribution in [3.8, 4) is 0 Å². The third-order valence-electron chi connectivity index (χ3n) is 3.16. The molecule has 0 unspecified atom stereocenters. The van der Waals surface area contributed by atoms with Gasteiger partial charge in [0.25, 0.3) is 0 Å². The average molecular weight is 225 g/mol. The van der Waals surface area contributed by atoms with E-state index >= 15 is 0 Å². The van der Waals surface area contributed by atoms with Crippen LogP contribution in [0.1, 0.15) is 43.5 Å². The van der Waals surface area contributed by atoms with Crippen LogP contribution >= 0.6 is 11.3 Å². The summed E-state index contributed by atoms with van der Waals surface area (Å²) in [5.74, 6) is 0. The van der Waals surface area contributed by atoms with Gasteiger partial charge >= 0.3 is 0 Å². The van der Waals surface area contributed by atoms with Crippen molar-refractivity contribution in [1.82, 2.24) is 5.32 Å². The normalized spacial score (nSPS) is 28.9. The van der Waals surface area contributed by atoms with Crippen molar-refractivity contribution in [2.24, 2.45) is 0 Å². The molecule has 1 saturated carbocycles. The molecule has 2 rings (SSSR count). The van der Waals surface area contributed by atoms with Gasteiger partial charge in [-0.1, -0.05) is 18.9 Å². The summed E-state index contributed by atoms with van der Waals surface area (Å²) in [5.41, 5.74) is 0. The number of aliphatic hydroxyl groups is 1. The van der Waals surface area contributed by atoms with E-state index in [1.807, 2.05) is 0 Å². The van der Waals surface area contributed by atoms with Crippen LogP contribution in [0.5, 0.6) is 0 Å². The highest BCUT2D eigenvalue weighted by Crippen LogP contribution is 2.23. The highest BCUT2D eigenvalue weighted by Gasteiger charge is 2.24. The number of rotatable bonds is 3. The predicted octanol–water partition coefficient (Wildman–Crippen LogP) is 2.70. The van der Waals surface area contributed by atoms with E-state index in [1.54, 1.807) is 11.3 Å². The Morgan fingerprint density at radius 2 is 2.27 bits per heavy atom. The zero-order valence-corrected chi connectivity index (χ0v) is 9.96. The Balaban J connectivity index is 1.90. The second kappa shape index (κ2) is 5.10. The Morgan fingerprint density at radius 1 is 1.47 bits per heavy atom. The van der Waals surface area contributed by atoms with Crippen LogP contribution in [0.4, 0.5) is 0 Å². The number of thiophene rings is 1. The SMILES string of the molecule is C[C@H](N[C@H]1CCCC[C@H]1O)c1cccs1. The lowest BCUT2D eigenvalue weighted by Gasteiger charge is -2.30. The summed E-state index contributed by atoms with van der Waals surface area (Å²) in [4.78, 5) is 1.35. The van der Waals surface area contributed by atoms with Crippen LogP contribution in [0.15, 0.2) is 17.5 Å². The molecule has 0 bridgehead atoms. The second-order valence-corrected chi connectivity index (χ2v) is 5.34. The molecule has 2 N–H and O–H groups in total. The van der Waals surface area contributed by atoms with Gasteiger partial charge < -0.3 is 10.4 Å². The summed E-state index contributed by atoms with van der Waals surface area (Å²) < 4.78 is 0. The van der Waals surface area contributed by atoms with E-state index in [2.05, 4.69) is 29.8 Å². The molecule has 1 aromatic rings. The smallest absolute Gasteiger partial charge is 0.0693 e. The van der Waals surface area contributed by atoms with Gasteiger partial charge in [0.2, 0.25) is 0 Å². The molecule has 0 aromatic carbocycles. The van der Waals surface area contributed by atoms with Crippen molar-refractivity contribution < 1.29 is 5.11 Å². The third-order valence-corrected chi connectivity index (χ3v) is 4.22. The average Bonchev–Trinajstić information content (AvgIpc) is 2.74. The molecule has 0 aliphatic heterocycles. The summed E-state index contributed by atoms with van der Waals surface area (Å²) in [6, 6.07) is 4.88. The molecule has 15 heavy (non-hydrogen) atoms. The first kappa shape index (κ1) is 11.1. The van der Waals surface area contributed by atoms with E-state index in [0.717, 1.165) is 12.8 Å². The molecule has 1 aliphatic rings.